The van der Waals surface area contributed by atoms with Crippen molar-refractivity contribution in [1.29, 1.82) is 0 Å². The van der Waals surface area contributed by atoms with Crippen LogP contribution in [0, 0.1) is 5.92 Å². The minimum Gasteiger partial charge on any atom is -0.493 e. The first-order valence-electron chi connectivity index (χ1n) is 19.5. The Morgan fingerprint density at radius 2 is 1.75 bits per heavy atom. The summed E-state index contributed by atoms with van der Waals surface area (Å²) in [7, 11) is 0. The molecule has 1 fully saturated rings. The van der Waals surface area contributed by atoms with Crippen LogP contribution in [0.15, 0.2) is 82.2 Å². The van der Waals surface area contributed by atoms with Crippen LogP contribution < -0.4 is 15.8 Å². The third kappa shape index (κ3) is 14.3. The van der Waals surface area contributed by atoms with Crippen molar-refractivity contribution in [3.8, 4) is 17.1 Å². The van der Waals surface area contributed by atoms with E-state index in [4.69, 9.17) is 30.9 Å². The summed E-state index contributed by atoms with van der Waals surface area (Å²) >= 11 is 6.01. The monoisotopic (exact) mass is 843 g/mol. The Labute approximate surface area is 347 Å². The molecule has 2 aromatic carbocycles. The normalized spacial score (nSPS) is 15.4. The molecule has 0 aliphatic carbocycles. The first kappa shape index (κ1) is 46.7. The summed E-state index contributed by atoms with van der Waals surface area (Å²) in [5, 5.41) is 13.0. The first-order valence-corrected chi connectivity index (χ1v) is 19.9. The summed E-state index contributed by atoms with van der Waals surface area (Å²) in [6, 6.07) is 17.5. The SMILES string of the molecule is CC.CC(C)(c1ncc(-c2ccc(Cl)cc2)o1)N1CCN(C[C@@H](O)C[C@@H](Cc2cc3ncncc3o2)C(N)=O)CC1.O=CNCC(F)(F)F.c1ccc2c(c1)CCCO2. The molecule has 2 atom stereocenters. The van der Waals surface area contributed by atoms with Crippen molar-refractivity contribution < 1.29 is 41.4 Å². The van der Waals surface area contributed by atoms with E-state index in [2.05, 4.69) is 50.7 Å². The number of hydrogen-bond donors (Lipinski definition) is 3. The standard InChI is InChI=1S/C28H33ClN6O4.C9H10O.C3H4F3NO.C2H6/c1-28(2,27-32-15-24(39-27)18-3-5-20(29)6-4-18)35-9-7-34(8-10-35)16-21(36)11-19(26(30)37)12-22-13-23-25(38-22)14-31-17-33-23;1-2-6-9-8(4-1)5-3-7-10-9;4-3(5,6)1-7-2-8;1-2/h3-6,13-15,17,19,21,36H,7-12,16H2,1-2H3,(H2,30,37);1-2,4,6H,3,5,7H2;2H,1H2,(H,7,8);1-2H3/t19-,21-;;;/m0.../s1. The van der Waals surface area contributed by atoms with E-state index in [1.807, 2.05) is 50.2 Å². The van der Waals surface area contributed by atoms with Crippen LogP contribution in [0.3, 0.4) is 0 Å². The number of ether oxygens (including phenoxy) is 1. The number of piperazine rings is 1. The number of aliphatic hydroxyl groups is 1. The van der Waals surface area contributed by atoms with Crippen molar-refractivity contribution in [3.05, 3.63) is 95.6 Å². The highest BCUT2D eigenvalue weighted by atomic mass is 35.5. The van der Waals surface area contributed by atoms with Gasteiger partial charge in [-0.05, 0) is 69.0 Å². The van der Waals surface area contributed by atoms with E-state index in [0.717, 1.165) is 50.5 Å². The number of nitrogens with two attached hydrogens (primary N) is 1. The van der Waals surface area contributed by atoms with Gasteiger partial charge in [0.1, 0.15) is 29.9 Å². The number of furan rings is 1. The quantitative estimate of drug-likeness (QED) is 0.113. The molecule has 17 heteroatoms. The van der Waals surface area contributed by atoms with Gasteiger partial charge in [-0.25, -0.2) is 15.0 Å². The number of primary amides is 1. The van der Waals surface area contributed by atoms with Gasteiger partial charge in [0, 0.05) is 61.7 Å². The number of halogens is 4. The number of nitrogens with zero attached hydrogens (tertiary/aromatic N) is 5. The molecule has 5 aromatic rings. The summed E-state index contributed by atoms with van der Waals surface area (Å²) in [4.78, 5) is 38.6. The number of amides is 2. The predicted molar refractivity (Wildman–Crippen MR) is 219 cm³/mol. The molecule has 320 valence electrons. The van der Waals surface area contributed by atoms with Crippen LogP contribution >= 0.6 is 11.6 Å². The second-order valence-electron chi connectivity index (χ2n) is 14.2. The fraction of sp³-hybridized carbons (Fsp3) is 0.452. The second kappa shape index (κ2) is 22.4. The first-order chi connectivity index (χ1) is 28.2. The van der Waals surface area contributed by atoms with Gasteiger partial charge in [0.25, 0.3) is 0 Å². The van der Waals surface area contributed by atoms with E-state index in [1.54, 1.807) is 18.5 Å². The highest BCUT2D eigenvalue weighted by Crippen LogP contribution is 2.32. The molecule has 7 rings (SSSR count). The number of hydrogen-bond acceptors (Lipinski definition) is 11. The molecule has 3 aromatic heterocycles. The van der Waals surface area contributed by atoms with E-state index < -0.39 is 36.2 Å². The Morgan fingerprint density at radius 3 is 2.37 bits per heavy atom. The topological polar surface area (TPSA) is 173 Å². The van der Waals surface area contributed by atoms with Gasteiger partial charge in [-0.2, -0.15) is 13.2 Å². The molecule has 0 spiro atoms. The fourth-order valence-corrected chi connectivity index (χ4v) is 6.69. The van der Waals surface area contributed by atoms with E-state index >= 15 is 0 Å². The van der Waals surface area contributed by atoms with Crippen LogP contribution in [0.25, 0.3) is 22.4 Å². The minimum absolute atomic E-state index is 0.00743. The summed E-state index contributed by atoms with van der Waals surface area (Å²) in [6.07, 6.45) is 2.71. The number of carbonyl (C=O) groups excluding carboxylic acids is 2. The lowest BCUT2D eigenvalue weighted by molar-refractivity contribution is -0.132. The predicted octanol–water partition coefficient (Wildman–Crippen LogP) is 6.81. The van der Waals surface area contributed by atoms with Gasteiger partial charge in [-0.1, -0.05) is 43.6 Å². The molecule has 0 saturated carbocycles. The molecule has 2 aliphatic rings. The lowest BCUT2D eigenvalue weighted by Crippen LogP contribution is -2.54. The summed E-state index contributed by atoms with van der Waals surface area (Å²) in [6.45, 7) is 11.4. The zero-order valence-corrected chi connectivity index (χ0v) is 34.5. The maximum Gasteiger partial charge on any atom is 0.405 e. The number of fused-ring (bicyclic) bond motifs is 2. The molecule has 1 saturated heterocycles. The zero-order chi connectivity index (χ0) is 43.0. The van der Waals surface area contributed by atoms with Crippen LogP contribution in [-0.2, 0) is 28.0 Å². The Morgan fingerprint density at radius 1 is 1.03 bits per heavy atom. The Hall–Kier alpha value is -5.03. The molecule has 0 radical (unpaired) electrons. The number of oxazole rings is 1. The number of β-amino-alcohol motifs (C(OH)–C–C–N with tert-alkyl or cyclic N) is 1. The molecule has 59 heavy (non-hydrogen) atoms. The summed E-state index contributed by atoms with van der Waals surface area (Å²) < 4.78 is 50.4. The van der Waals surface area contributed by atoms with Crippen LogP contribution in [0.4, 0.5) is 13.2 Å². The summed E-state index contributed by atoms with van der Waals surface area (Å²) in [5.74, 6) is 2.03. The van der Waals surface area contributed by atoms with Crippen molar-refractivity contribution in [2.24, 2.45) is 11.7 Å². The average molecular weight is 844 g/mol. The van der Waals surface area contributed by atoms with Crippen LogP contribution in [0.5, 0.6) is 5.75 Å². The molecule has 5 heterocycles. The Kier molecular flexibility index (Phi) is 17.7. The van der Waals surface area contributed by atoms with E-state index in [1.165, 1.54) is 23.6 Å². The third-order valence-corrected chi connectivity index (χ3v) is 9.90. The van der Waals surface area contributed by atoms with Crippen molar-refractivity contribution in [1.82, 2.24) is 30.1 Å². The van der Waals surface area contributed by atoms with Crippen LogP contribution in [0.2, 0.25) is 5.02 Å². The van der Waals surface area contributed by atoms with Gasteiger partial charge < -0.3 is 29.7 Å². The van der Waals surface area contributed by atoms with Crippen molar-refractivity contribution >= 4 is 35.0 Å². The number of alkyl halides is 3. The highest BCUT2D eigenvalue weighted by Gasteiger charge is 2.36. The number of para-hydroxylation sites is 1. The van der Waals surface area contributed by atoms with Gasteiger partial charge in [-0.3, -0.25) is 19.4 Å². The largest absolute Gasteiger partial charge is 0.493 e. The highest BCUT2D eigenvalue weighted by molar-refractivity contribution is 6.30. The molecular formula is C42H53ClF3N7O6. The van der Waals surface area contributed by atoms with Crippen LogP contribution in [0.1, 0.15) is 57.8 Å². The molecule has 2 aliphatic heterocycles. The molecule has 0 bridgehead atoms. The number of aliphatic hydroxyl groups excluding tert-OH is 1. The van der Waals surface area contributed by atoms with Crippen molar-refractivity contribution in [2.75, 3.05) is 45.9 Å². The maximum atomic E-state index is 12.1. The Balaban J connectivity index is 0.000000314. The summed E-state index contributed by atoms with van der Waals surface area (Å²) in [5.41, 5.74) is 8.78. The number of benzene rings is 2. The molecule has 2 amide bonds. The van der Waals surface area contributed by atoms with Gasteiger partial charge in [0.15, 0.2) is 11.3 Å². The van der Waals surface area contributed by atoms with Crippen LogP contribution in [-0.4, -0.2) is 100 Å². The maximum absolute atomic E-state index is 12.1. The smallest absolute Gasteiger partial charge is 0.405 e. The van der Waals surface area contributed by atoms with E-state index in [9.17, 15) is 27.9 Å². The number of aryl methyl sites for hydroxylation is 1. The van der Waals surface area contributed by atoms with Gasteiger partial charge in [0.2, 0.25) is 18.2 Å². The minimum atomic E-state index is -4.29. The molecule has 4 N–H and O–H groups in total. The Bertz CT molecular complexity index is 1980. The lowest BCUT2D eigenvalue weighted by Gasteiger charge is -2.42. The average Bonchev–Trinajstić information content (AvgIpc) is 3.90. The van der Waals surface area contributed by atoms with E-state index in [-0.39, 0.29) is 12.8 Å². The zero-order valence-electron chi connectivity index (χ0n) is 33.8. The molecule has 13 nitrogen and oxygen atoms in total. The van der Waals surface area contributed by atoms with Gasteiger partial charge in [-0.15, -0.1) is 0 Å². The number of carbonyl (C=O) groups is 2. The van der Waals surface area contributed by atoms with Gasteiger partial charge in [0.05, 0.1) is 30.6 Å². The molecule has 0 unspecified atom stereocenters. The van der Waals surface area contributed by atoms with Crippen molar-refractivity contribution in [3.63, 3.8) is 0 Å². The van der Waals surface area contributed by atoms with E-state index in [0.29, 0.717) is 46.5 Å². The van der Waals surface area contributed by atoms with Gasteiger partial charge >= 0.3 is 6.18 Å². The number of nitrogens with one attached hydrogen (secondary N) is 1. The lowest BCUT2D eigenvalue weighted by atomic mass is 9.95. The molecular weight excluding hydrogens is 791 g/mol. The number of rotatable bonds is 12. The second-order valence-corrected chi connectivity index (χ2v) is 14.7. The van der Waals surface area contributed by atoms with Crippen molar-refractivity contribution in [2.45, 2.75) is 71.2 Å². The third-order valence-electron chi connectivity index (χ3n) is 9.65. The fourth-order valence-electron chi connectivity index (χ4n) is 6.56. The number of aromatic nitrogens is 3.